The van der Waals surface area contributed by atoms with E-state index in [-0.39, 0.29) is 0 Å². The Kier molecular flexibility index (Phi) is 8.70. The van der Waals surface area contributed by atoms with Crippen molar-refractivity contribution in [1.29, 1.82) is 0 Å². The minimum Gasteiger partial charge on any atom is -0.436 e. The van der Waals surface area contributed by atoms with Crippen molar-refractivity contribution < 1.29 is 4.42 Å². The van der Waals surface area contributed by atoms with Crippen LogP contribution in [0.15, 0.2) is 199 Å². The van der Waals surface area contributed by atoms with Crippen LogP contribution in [0.2, 0.25) is 0 Å². The third-order valence-corrected chi connectivity index (χ3v) is 9.84. The molecular weight excluding hydrogens is 701 g/mol. The number of benzene rings is 6. The topological polar surface area (TPSA) is 90.5 Å². The van der Waals surface area contributed by atoms with Crippen LogP contribution in [-0.4, -0.2) is 29.9 Å². The average Bonchev–Trinajstić information content (AvgIpc) is 3.74. The first-order chi connectivity index (χ1) is 28.2. The van der Waals surface area contributed by atoms with Crippen LogP contribution in [0.25, 0.3) is 101 Å². The Balaban J connectivity index is 1.17. The fourth-order valence-electron chi connectivity index (χ4n) is 6.99. The number of aromatic nitrogens is 6. The van der Waals surface area contributed by atoms with Crippen LogP contribution in [0.3, 0.4) is 0 Å². The predicted octanol–water partition coefficient (Wildman–Crippen LogP) is 12.1. The van der Waals surface area contributed by atoms with Gasteiger partial charge in [0.05, 0.1) is 11.4 Å². The van der Waals surface area contributed by atoms with E-state index in [2.05, 4.69) is 60.7 Å². The molecule has 4 heterocycles. The van der Waals surface area contributed by atoms with E-state index < -0.39 is 0 Å². The monoisotopic (exact) mass is 732 g/mol. The van der Waals surface area contributed by atoms with E-state index in [0.29, 0.717) is 23.4 Å². The first kappa shape index (κ1) is 33.7. The zero-order valence-corrected chi connectivity index (χ0v) is 30.6. The number of oxazole rings is 1. The quantitative estimate of drug-likeness (QED) is 0.154. The summed E-state index contributed by atoms with van der Waals surface area (Å²) in [4.78, 5) is 29.7. The van der Waals surface area contributed by atoms with Crippen molar-refractivity contribution in [3.05, 3.63) is 194 Å². The molecule has 0 bridgehead atoms. The maximum absolute atomic E-state index is 6.08. The van der Waals surface area contributed by atoms with Crippen LogP contribution in [0.4, 0.5) is 0 Å². The van der Waals surface area contributed by atoms with Crippen LogP contribution in [0, 0.1) is 0 Å². The van der Waals surface area contributed by atoms with Crippen LogP contribution < -0.4 is 0 Å². The normalized spacial score (nSPS) is 11.2. The highest BCUT2D eigenvalue weighted by molar-refractivity contribution is 5.82. The first-order valence-corrected chi connectivity index (χ1v) is 18.7. The molecule has 7 nitrogen and oxygen atoms in total. The Morgan fingerprint density at radius 2 is 0.737 bits per heavy atom. The molecule has 10 aromatic rings. The largest absolute Gasteiger partial charge is 0.436 e. The van der Waals surface area contributed by atoms with Gasteiger partial charge in [0.25, 0.3) is 0 Å². The SMILES string of the molecule is c1ccc(-c2cc(-c3ccccn3)cc(-c3nc(-c4ccc(-c5nc6ccccc6o5)cc4)nc(-c4cc(-c5ccccc5)cc(-c5ccccn5)c4)n3)c2)cc1. The maximum Gasteiger partial charge on any atom is 0.227 e. The van der Waals surface area contributed by atoms with Gasteiger partial charge in [-0.25, -0.2) is 19.9 Å². The highest BCUT2D eigenvalue weighted by Crippen LogP contribution is 2.36. The van der Waals surface area contributed by atoms with Crippen molar-refractivity contribution >= 4 is 11.1 Å². The molecule has 57 heavy (non-hydrogen) atoms. The Labute approximate surface area is 329 Å². The summed E-state index contributed by atoms with van der Waals surface area (Å²) in [7, 11) is 0. The smallest absolute Gasteiger partial charge is 0.227 e. The van der Waals surface area contributed by atoms with Crippen LogP contribution in [0.5, 0.6) is 0 Å². The zero-order valence-electron chi connectivity index (χ0n) is 30.6. The Hall–Kier alpha value is -7.90. The molecule has 0 amide bonds. The molecule has 0 saturated carbocycles. The van der Waals surface area contributed by atoms with Gasteiger partial charge in [0.2, 0.25) is 5.89 Å². The van der Waals surface area contributed by atoms with Crippen molar-refractivity contribution in [3.8, 4) is 90.4 Å². The van der Waals surface area contributed by atoms with E-state index in [0.717, 1.165) is 78.1 Å². The summed E-state index contributed by atoms with van der Waals surface area (Å²) in [6.45, 7) is 0. The number of hydrogen-bond acceptors (Lipinski definition) is 7. The van der Waals surface area contributed by atoms with Gasteiger partial charge in [-0.3, -0.25) is 9.97 Å². The second-order valence-corrected chi connectivity index (χ2v) is 13.6. The second kappa shape index (κ2) is 14.7. The summed E-state index contributed by atoms with van der Waals surface area (Å²) in [5.41, 5.74) is 12.8. The Morgan fingerprint density at radius 1 is 0.298 bits per heavy atom. The van der Waals surface area contributed by atoms with E-state index in [1.54, 1.807) is 0 Å². The summed E-state index contributed by atoms with van der Waals surface area (Å²) in [6, 6.07) is 61.1. The molecule has 0 aliphatic rings. The lowest BCUT2D eigenvalue weighted by atomic mass is 9.97. The highest BCUT2D eigenvalue weighted by atomic mass is 16.3. The van der Waals surface area contributed by atoms with E-state index in [1.807, 2.05) is 134 Å². The van der Waals surface area contributed by atoms with Gasteiger partial charge in [0.15, 0.2) is 23.1 Å². The fourth-order valence-corrected chi connectivity index (χ4v) is 6.99. The lowest BCUT2D eigenvalue weighted by Gasteiger charge is -2.13. The van der Waals surface area contributed by atoms with Crippen molar-refractivity contribution in [3.63, 3.8) is 0 Å². The van der Waals surface area contributed by atoms with Crippen molar-refractivity contribution in [2.24, 2.45) is 0 Å². The molecule has 0 N–H and O–H groups in total. The Morgan fingerprint density at radius 3 is 1.25 bits per heavy atom. The fraction of sp³-hybridized carbons (Fsp3) is 0. The van der Waals surface area contributed by atoms with E-state index in [9.17, 15) is 0 Å². The van der Waals surface area contributed by atoms with Crippen molar-refractivity contribution in [2.45, 2.75) is 0 Å². The lowest BCUT2D eigenvalue weighted by molar-refractivity contribution is 0.620. The summed E-state index contributed by atoms with van der Waals surface area (Å²) in [5, 5.41) is 0. The van der Waals surface area contributed by atoms with Crippen molar-refractivity contribution in [2.75, 3.05) is 0 Å². The number of para-hydroxylation sites is 2. The third kappa shape index (κ3) is 6.97. The molecule has 0 radical (unpaired) electrons. The van der Waals surface area contributed by atoms with Gasteiger partial charge >= 0.3 is 0 Å². The molecule has 0 fully saturated rings. The Bertz CT molecular complexity index is 2690. The molecule has 268 valence electrons. The van der Waals surface area contributed by atoms with E-state index in [1.165, 1.54) is 0 Å². The molecule has 0 saturated heterocycles. The second-order valence-electron chi connectivity index (χ2n) is 13.6. The minimum absolute atomic E-state index is 0.535. The van der Waals surface area contributed by atoms with Gasteiger partial charge in [-0.15, -0.1) is 0 Å². The van der Waals surface area contributed by atoms with Crippen LogP contribution >= 0.6 is 0 Å². The van der Waals surface area contributed by atoms with Crippen LogP contribution in [0.1, 0.15) is 0 Å². The van der Waals surface area contributed by atoms with E-state index in [4.69, 9.17) is 34.3 Å². The standard InChI is InChI=1S/C50H32N6O/c1-3-13-33(14-4-1)37-27-39(43-17-9-11-25-51-43)31-41(29-37)48-54-47(35-21-23-36(24-22-35)50-53-45-19-7-8-20-46(45)57-50)55-49(56-48)42-30-38(34-15-5-2-6-16-34)28-40(32-42)44-18-10-12-26-52-44/h1-32H. The lowest BCUT2D eigenvalue weighted by Crippen LogP contribution is -2.01. The summed E-state index contributed by atoms with van der Waals surface area (Å²) >= 11 is 0. The van der Waals surface area contributed by atoms with Gasteiger partial charge in [0, 0.05) is 45.8 Å². The third-order valence-electron chi connectivity index (χ3n) is 9.84. The molecule has 10 rings (SSSR count). The highest BCUT2D eigenvalue weighted by Gasteiger charge is 2.18. The molecule has 0 unspecified atom stereocenters. The van der Waals surface area contributed by atoms with Crippen LogP contribution in [-0.2, 0) is 0 Å². The molecule has 0 aliphatic heterocycles. The first-order valence-electron chi connectivity index (χ1n) is 18.7. The van der Waals surface area contributed by atoms with Gasteiger partial charge in [0.1, 0.15) is 5.52 Å². The molecule has 0 aliphatic carbocycles. The number of pyridine rings is 2. The summed E-state index contributed by atoms with van der Waals surface area (Å²) in [5.74, 6) is 2.17. The van der Waals surface area contributed by atoms with Gasteiger partial charge in [-0.1, -0.05) is 97.1 Å². The predicted molar refractivity (Wildman–Crippen MR) is 226 cm³/mol. The minimum atomic E-state index is 0.535. The average molecular weight is 733 g/mol. The summed E-state index contributed by atoms with van der Waals surface area (Å²) < 4.78 is 6.08. The van der Waals surface area contributed by atoms with Crippen molar-refractivity contribution in [1.82, 2.24) is 29.9 Å². The van der Waals surface area contributed by atoms with Gasteiger partial charge in [-0.2, -0.15) is 0 Å². The number of rotatable bonds is 8. The molecular formula is C50H32N6O. The summed E-state index contributed by atoms with van der Waals surface area (Å²) in [6.07, 6.45) is 3.62. The molecule has 0 atom stereocenters. The zero-order chi connectivity index (χ0) is 38.0. The molecule has 0 spiro atoms. The van der Waals surface area contributed by atoms with Gasteiger partial charge < -0.3 is 4.42 Å². The number of nitrogens with zero attached hydrogens (tertiary/aromatic N) is 6. The number of fused-ring (bicyclic) bond motifs is 1. The molecule has 7 heteroatoms. The number of hydrogen-bond donors (Lipinski definition) is 0. The van der Waals surface area contributed by atoms with Gasteiger partial charge in [-0.05, 0) is 107 Å². The van der Waals surface area contributed by atoms with E-state index >= 15 is 0 Å². The molecule has 4 aromatic heterocycles. The molecule has 6 aromatic carbocycles. The maximum atomic E-state index is 6.08.